The minimum Gasteiger partial charge on any atom is -0.480 e. The molecule has 32 heavy (non-hydrogen) atoms. The molecule has 0 aliphatic carbocycles. The Balaban J connectivity index is 5.48. The molecular formula is C19H35N5O6S2. The fraction of sp³-hybridized carbons (Fsp3) is 0.737. The average Bonchev–Trinajstić information content (AvgIpc) is 2.75. The minimum atomic E-state index is -1.29. The fourth-order valence-electron chi connectivity index (χ4n) is 2.61. The molecule has 8 N–H and O–H groups in total. The lowest BCUT2D eigenvalue weighted by molar-refractivity contribution is -0.141. The molecule has 0 saturated carbocycles. The molecule has 0 rings (SSSR count). The molecule has 0 saturated heterocycles. The number of thiol groups is 1. The first kappa shape index (κ1) is 30.0. The van der Waals surface area contributed by atoms with Gasteiger partial charge in [-0.2, -0.15) is 24.4 Å². The molecule has 0 aliphatic rings. The van der Waals surface area contributed by atoms with Crippen molar-refractivity contribution in [1.29, 1.82) is 0 Å². The quantitative estimate of drug-likeness (QED) is 0.131. The second kappa shape index (κ2) is 15.8. The number of aliphatic carboxylic acids is 1. The Labute approximate surface area is 198 Å². The lowest BCUT2D eigenvalue weighted by Gasteiger charge is -2.27. The monoisotopic (exact) mass is 493 g/mol. The number of amides is 4. The Morgan fingerprint density at radius 2 is 1.59 bits per heavy atom. The molecule has 11 nitrogen and oxygen atoms in total. The molecule has 0 aromatic carbocycles. The summed E-state index contributed by atoms with van der Waals surface area (Å²) in [6.45, 7) is 3.60. The molecule has 0 aromatic rings. The predicted molar refractivity (Wildman–Crippen MR) is 126 cm³/mol. The van der Waals surface area contributed by atoms with Gasteiger partial charge in [0.1, 0.15) is 18.1 Å². The van der Waals surface area contributed by atoms with Gasteiger partial charge in [-0.3, -0.25) is 19.2 Å². The van der Waals surface area contributed by atoms with E-state index in [1.54, 1.807) is 18.7 Å². The third-order valence-corrected chi connectivity index (χ3v) is 5.88. The molecule has 13 heteroatoms. The van der Waals surface area contributed by atoms with Crippen LogP contribution >= 0.6 is 24.4 Å². The van der Waals surface area contributed by atoms with E-state index in [1.165, 1.54) is 0 Å². The van der Waals surface area contributed by atoms with Crippen molar-refractivity contribution in [2.24, 2.45) is 17.4 Å². The van der Waals surface area contributed by atoms with E-state index in [1.807, 2.05) is 13.2 Å². The van der Waals surface area contributed by atoms with Crippen LogP contribution < -0.4 is 27.4 Å². The van der Waals surface area contributed by atoms with Crippen molar-refractivity contribution in [2.75, 3.05) is 17.8 Å². The number of hydrogen-bond acceptors (Lipinski definition) is 8. The zero-order chi connectivity index (χ0) is 24.8. The molecule has 5 unspecified atom stereocenters. The largest absolute Gasteiger partial charge is 0.480 e. The first-order valence-corrected chi connectivity index (χ1v) is 12.3. The van der Waals surface area contributed by atoms with E-state index < -0.39 is 53.8 Å². The number of carbonyl (C=O) groups is 5. The summed E-state index contributed by atoms with van der Waals surface area (Å²) in [7, 11) is 0. The lowest BCUT2D eigenvalue weighted by atomic mass is 9.97. The van der Waals surface area contributed by atoms with Crippen molar-refractivity contribution in [2.45, 2.75) is 63.7 Å². The Bertz CT molecular complexity index is 666. The van der Waals surface area contributed by atoms with E-state index in [-0.39, 0.29) is 24.5 Å². The molecule has 0 bridgehead atoms. The van der Waals surface area contributed by atoms with Crippen LogP contribution in [0, 0.1) is 5.92 Å². The normalized spacial score (nSPS) is 15.5. The number of thioether (sulfide) groups is 1. The minimum absolute atomic E-state index is 0.139. The number of carbonyl (C=O) groups excluding carboxylic acids is 4. The smallest absolute Gasteiger partial charge is 0.327 e. The van der Waals surface area contributed by atoms with Gasteiger partial charge in [-0.25, -0.2) is 4.79 Å². The first-order valence-electron chi connectivity index (χ1n) is 10.3. The van der Waals surface area contributed by atoms with E-state index >= 15 is 0 Å². The molecule has 4 amide bonds. The maximum Gasteiger partial charge on any atom is 0.327 e. The van der Waals surface area contributed by atoms with Crippen LogP contribution in [-0.4, -0.2) is 76.6 Å². The van der Waals surface area contributed by atoms with Crippen LogP contribution in [-0.2, 0) is 24.0 Å². The highest BCUT2D eigenvalue weighted by molar-refractivity contribution is 7.98. The number of primary amides is 1. The average molecular weight is 494 g/mol. The number of nitrogens with two attached hydrogens (primary N) is 2. The summed E-state index contributed by atoms with van der Waals surface area (Å²) in [6.07, 6.45) is 2.53. The SMILES string of the molecule is CCC(C)C(NC(=O)C(N)CCSC)C(=O)NC(CCC(N)=O)C(=O)NC(CS)C(=O)O. The van der Waals surface area contributed by atoms with Crippen LogP contribution in [0.2, 0.25) is 0 Å². The van der Waals surface area contributed by atoms with Crippen LogP contribution in [0.3, 0.4) is 0 Å². The van der Waals surface area contributed by atoms with Gasteiger partial charge in [-0.05, 0) is 30.8 Å². The van der Waals surface area contributed by atoms with Crippen LogP contribution in [0.15, 0.2) is 0 Å². The second-order valence-electron chi connectivity index (χ2n) is 7.41. The summed E-state index contributed by atoms with van der Waals surface area (Å²) in [5.41, 5.74) is 11.0. The number of carboxylic acids is 1. The van der Waals surface area contributed by atoms with Crippen molar-refractivity contribution in [3.63, 3.8) is 0 Å². The Kier molecular flexibility index (Phi) is 14.8. The molecule has 184 valence electrons. The van der Waals surface area contributed by atoms with E-state index in [2.05, 4.69) is 28.6 Å². The van der Waals surface area contributed by atoms with Gasteiger partial charge in [-0.15, -0.1) is 0 Å². The molecule has 0 heterocycles. The third-order valence-electron chi connectivity index (χ3n) is 4.87. The van der Waals surface area contributed by atoms with Crippen LogP contribution in [0.5, 0.6) is 0 Å². The first-order chi connectivity index (χ1) is 15.0. The van der Waals surface area contributed by atoms with Crippen LogP contribution in [0.1, 0.15) is 39.5 Å². The van der Waals surface area contributed by atoms with Crippen molar-refractivity contribution in [3.05, 3.63) is 0 Å². The number of nitrogens with one attached hydrogen (secondary N) is 3. The summed E-state index contributed by atoms with van der Waals surface area (Å²) >= 11 is 5.43. The van der Waals surface area contributed by atoms with Gasteiger partial charge in [0.15, 0.2) is 0 Å². The van der Waals surface area contributed by atoms with E-state index in [0.29, 0.717) is 18.6 Å². The van der Waals surface area contributed by atoms with Crippen molar-refractivity contribution in [3.8, 4) is 0 Å². The maximum absolute atomic E-state index is 13.0. The van der Waals surface area contributed by atoms with E-state index in [0.717, 1.165) is 0 Å². The maximum atomic E-state index is 13.0. The van der Waals surface area contributed by atoms with Gasteiger partial charge >= 0.3 is 5.97 Å². The highest BCUT2D eigenvalue weighted by Gasteiger charge is 2.32. The zero-order valence-electron chi connectivity index (χ0n) is 18.6. The number of carboxylic acid groups (broad SMARTS) is 1. The van der Waals surface area contributed by atoms with Gasteiger partial charge in [0.05, 0.1) is 6.04 Å². The topological polar surface area (TPSA) is 194 Å². The van der Waals surface area contributed by atoms with Crippen molar-refractivity contribution in [1.82, 2.24) is 16.0 Å². The summed E-state index contributed by atoms with van der Waals surface area (Å²) in [6, 6.07) is -4.27. The Hall–Kier alpha value is -1.99. The highest BCUT2D eigenvalue weighted by atomic mass is 32.2. The van der Waals surface area contributed by atoms with Crippen LogP contribution in [0.25, 0.3) is 0 Å². The molecule has 0 aromatic heterocycles. The number of hydrogen-bond donors (Lipinski definition) is 7. The van der Waals surface area contributed by atoms with Gasteiger partial charge in [0.25, 0.3) is 0 Å². The number of rotatable bonds is 16. The van der Waals surface area contributed by atoms with Crippen molar-refractivity contribution < 1.29 is 29.1 Å². The molecule has 0 spiro atoms. The fourth-order valence-corrected chi connectivity index (χ4v) is 3.35. The Morgan fingerprint density at radius 3 is 2.06 bits per heavy atom. The van der Waals surface area contributed by atoms with Crippen LogP contribution in [0.4, 0.5) is 0 Å². The van der Waals surface area contributed by atoms with Gasteiger partial charge in [-0.1, -0.05) is 20.3 Å². The third kappa shape index (κ3) is 11.0. The summed E-state index contributed by atoms with van der Waals surface area (Å²) in [5, 5.41) is 16.5. The zero-order valence-corrected chi connectivity index (χ0v) is 20.3. The van der Waals surface area contributed by atoms with Crippen molar-refractivity contribution >= 4 is 54.0 Å². The Morgan fingerprint density at radius 1 is 1.00 bits per heavy atom. The second-order valence-corrected chi connectivity index (χ2v) is 8.76. The van der Waals surface area contributed by atoms with Gasteiger partial charge in [0, 0.05) is 12.2 Å². The summed E-state index contributed by atoms with van der Waals surface area (Å²) in [4.78, 5) is 60.4. The van der Waals surface area contributed by atoms with E-state index in [4.69, 9.17) is 16.6 Å². The highest BCUT2D eigenvalue weighted by Crippen LogP contribution is 2.10. The molecule has 0 aliphatic heterocycles. The molecule has 5 atom stereocenters. The van der Waals surface area contributed by atoms with Gasteiger partial charge < -0.3 is 32.5 Å². The molecular weight excluding hydrogens is 458 g/mol. The summed E-state index contributed by atoms with van der Waals surface area (Å²) < 4.78 is 0. The lowest BCUT2D eigenvalue weighted by Crippen LogP contribution is -2.58. The van der Waals surface area contributed by atoms with Gasteiger partial charge in [0.2, 0.25) is 23.6 Å². The summed E-state index contributed by atoms with van der Waals surface area (Å²) in [5.74, 6) is -3.68. The molecule has 0 fully saturated rings. The predicted octanol–water partition coefficient (Wildman–Crippen LogP) is -1.15. The standard InChI is InChI=1S/C19H35N5O6S2/c1-4-10(2)15(24-16(26)11(20)7-8-32-3)18(28)22-12(5-6-14(21)25)17(27)23-13(9-31)19(29)30/h10-13,15,31H,4-9,20H2,1-3H3,(H2,21,25)(H,22,28)(H,23,27)(H,24,26)(H,29,30). The van der Waals surface area contributed by atoms with E-state index in [9.17, 15) is 24.0 Å². The molecule has 0 radical (unpaired) electrons.